The maximum Gasteiger partial charge on any atom is 0.276 e. The molecule has 0 aliphatic carbocycles. The zero-order valence-electron chi connectivity index (χ0n) is 16.8. The van der Waals surface area contributed by atoms with Gasteiger partial charge in [0.1, 0.15) is 18.7 Å². The predicted octanol–water partition coefficient (Wildman–Crippen LogP) is 2.77. The van der Waals surface area contributed by atoms with E-state index in [0.29, 0.717) is 17.3 Å². The summed E-state index contributed by atoms with van der Waals surface area (Å²) in [6.07, 6.45) is 6.46. The highest BCUT2D eigenvalue weighted by molar-refractivity contribution is 6.34. The first kappa shape index (κ1) is 20.7. The largest absolute Gasteiger partial charge is 0.341 e. The maximum atomic E-state index is 12.7. The highest BCUT2D eigenvalue weighted by Crippen LogP contribution is 2.21. The fourth-order valence-electron chi connectivity index (χ4n) is 3.20. The SMILES string of the molecule is C[C@H](C(=O)Nc1ccc(NC(=O)c2nc(N3CCCC3)ncc2Cl)cc1)n1cncn1. The molecule has 31 heavy (non-hydrogen) atoms. The van der Waals surface area contributed by atoms with Crippen LogP contribution in [0.15, 0.2) is 43.1 Å². The molecule has 0 bridgehead atoms. The van der Waals surface area contributed by atoms with E-state index in [2.05, 4.69) is 30.7 Å². The topological polar surface area (TPSA) is 118 Å². The summed E-state index contributed by atoms with van der Waals surface area (Å²) in [6.45, 7) is 3.46. The van der Waals surface area contributed by atoms with Gasteiger partial charge < -0.3 is 15.5 Å². The molecule has 2 amide bonds. The molecular formula is C20H21ClN8O2. The van der Waals surface area contributed by atoms with Crippen LogP contribution >= 0.6 is 11.6 Å². The third-order valence-corrected chi connectivity index (χ3v) is 5.24. The van der Waals surface area contributed by atoms with Crippen LogP contribution in [0, 0.1) is 0 Å². The summed E-state index contributed by atoms with van der Waals surface area (Å²) in [6, 6.07) is 6.25. The maximum absolute atomic E-state index is 12.7. The number of carbonyl (C=O) groups excluding carboxylic acids is 2. The second-order valence-electron chi connectivity index (χ2n) is 7.13. The zero-order chi connectivity index (χ0) is 21.8. The summed E-state index contributed by atoms with van der Waals surface area (Å²) in [5, 5.41) is 9.73. The number of nitrogens with one attached hydrogen (secondary N) is 2. The molecule has 0 spiro atoms. The number of anilines is 3. The minimum absolute atomic E-state index is 0.123. The Hall–Kier alpha value is -3.53. The van der Waals surface area contributed by atoms with Crippen LogP contribution < -0.4 is 15.5 Å². The van der Waals surface area contributed by atoms with Gasteiger partial charge in [-0.3, -0.25) is 9.59 Å². The van der Waals surface area contributed by atoms with E-state index in [1.807, 2.05) is 4.90 Å². The van der Waals surface area contributed by atoms with E-state index in [9.17, 15) is 9.59 Å². The Kier molecular flexibility index (Phi) is 6.08. The Morgan fingerprint density at radius 3 is 2.42 bits per heavy atom. The van der Waals surface area contributed by atoms with Crippen molar-refractivity contribution in [3.8, 4) is 0 Å². The lowest BCUT2D eigenvalue weighted by Gasteiger charge is -2.16. The molecule has 0 unspecified atom stereocenters. The minimum Gasteiger partial charge on any atom is -0.341 e. The molecule has 11 heteroatoms. The van der Waals surface area contributed by atoms with Crippen LogP contribution in [-0.4, -0.2) is 49.6 Å². The number of amides is 2. The number of hydrogen-bond donors (Lipinski definition) is 2. The summed E-state index contributed by atoms with van der Waals surface area (Å²) in [4.78, 5) is 39.5. The minimum atomic E-state index is -0.508. The Bertz CT molecular complexity index is 1070. The molecular weight excluding hydrogens is 420 g/mol. The van der Waals surface area contributed by atoms with Crippen molar-refractivity contribution in [2.45, 2.75) is 25.8 Å². The molecule has 0 saturated carbocycles. The molecule has 4 rings (SSSR count). The lowest BCUT2D eigenvalue weighted by molar-refractivity contribution is -0.119. The number of carbonyl (C=O) groups is 2. The molecule has 10 nitrogen and oxygen atoms in total. The highest BCUT2D eigenvalue weighted by atomic mass is 35.5. The Morgan fingerprint density at radius 1 is 1.10 bits per heavy atom. The molecule has 1 aromatic carbocycles. The van der Waals surface area contributed by atoms with Crippen molar-refractivity contribution in [3.63, 3.8) is 0 Å². The Balaban J connectivity index is 1.40. The van der Waals surface area contributed by atoms with Gasteiger partial charge in [-0.25, -0.2) is 19.6 Å². The Morgan fingerprint density at radius 2 is 1.77 bits per heavy atom. The van der Waals surface area contributed by atoms with Crippen LogP contribution in [0.2, 0.25) is 5.02 Å². The number of halogens is 1. The first-order valence-corrected chi connectivity index (χ1v) is 10.2. The van der Waals surface area contributed by atoms with Gasteiger partial charge in [0.2, 0.25) is 11.9 Å². The monoisotopic (exact) mass is 440 g/mol. The molecule has 160 valence electrons. The zero-order valence-corrected chi connectivity index (χ0v) is 17.6. The first-order chi connectivity index (χ1) is 15.0. The van der Waals surface area contributed by atoms with E-state index >= 15 is 0 Å². The molecule has 0 radical (unpaired) electrons. The van der Waals surface area contributed by atoms with E-state index in [1.165, 1.54) is 23.5 Å². The fraction of sp³-hybridized carbons (Fsp3) is 0.300. The van der Waals surface area contributed by atoms with Crippen molar-refractivity contribution in [1.29, 1.82) is 0 Å². The summed E-state index contributed by atoms with van der Waals surface area (Å²) < 4.78 is 1.46. The van der Waals surface area contributed by atoms with Gasteiger partial charge in [-0.2, -0.15) is 5.10 Å². The third kappa shape index (κ3) is 4.80. The van der Waals surface area contributed by atoms with E-state index in [1.54, 1.807) is 31.2 Å². The molecule has 2 N–H and O–H groups in total. The molecule has 3 heterocycles. The number of nitrogens with zero attached hydrogens (tertiary/aromatic N) is 6. The molecule has 1 aliphatic heterocycles. The van der Waals surface area contributed by atoms with Gasteiger partial charge in [0, 0.05) is 24.5 Å². The number of aromatic nitrogens is 5. The van der Waals surface area contributed by atoms with Crippen LogP contribution in [-0.2, 0) is 4.79 Å². The summed E-state index contributed by atoms with van der Waals surface area (Å²) >= 11 is 6.16. The second-order valence-corrected chi connectivity index (χ2v) is 7.54. The van der Waals surface area contributed by atoms with E-state index in [0.717, 1.165) is 25.9 Å². The summed E-state index contributed by atoms with van der Waals surface area (Å²) in [5.74, 6) is -0.152. The van der Waals surface area contributed by atoms with Crippen LogP contribution in [0.4, 0.5) is 17.3 Å². The normalized spacial score (nSPS) is 14.3. The van der Waals surface area contributed by atoms with Gasteiger partial charge in [0.05, 0.1) is 11.2 Å². The number of rotatable bonds is 6. The quantitative estimate of drug-likeness (QED) is 0.605. The predicted molar refractivity (Wildman–Crippen MR) is 116 cm³/mol. The summed E-state index contributed by atoms with van der Waals surface area (Å²) in [5.41, 5.74) is 1.26. The van der Waals surface area contributed by atoms with Crippen molar-refractivity contribution in [2.75, 3.05) is 28.6 Å². The molecule has 1 fully saturated rings. The van der Waals surface area contributed by atoms with Gasteiger partial charge in [0.15, 0.2) is 5.69 Å². The molecule has 3 aromatic rings. The lowest BCUT2D eigenvalue weighted by Crippen LogP contribution is -2.24. The van der Waals surface area contributed by atoms with Crippen molar-refractivity contribution < 1.29 is 9.59 Å². The van der Waals surface area contributed by atoms with Crippen LogP contribution in [0.25, 0.3) is 0 Å². The first-order valence-electron chi connectivity index (χ1n) is 9.85. The van der Waals surface area contributed by atoms with Crippen LogP contribution in [0.3, 0.4) is 0 Å². The molecule has 2 aromatic heterocycles. The Labute approximate surface area is 183 Å². The van der Waals surface area contributed by atoms with Gasteiger partial charge >= 0.3 is 0 Å². The van der Waals surface area contributed by atoms with E-state index < -0.39 is 11.9 Å². The van der Waals surface area contributed by atoms with Crippen LogP contribution in [0.5, 0.6) is 0 Å². The van der Waals surface area contributed by atoms with Gasteiger partial charge in [-0.15, -0.1) is 0 Å². The molecule has 1 aliphatic rings. The summed E-state index contributed by atoms with van der Waals surface area (Å²) in [7, 11) is 0. The molecule has 1 atom stereocenters. The third-order valence-electron chi connectivity index (χ3n) is 4.96. The number of benzene rings is 1. The van der Waals surface area contributed by atoms with Gasteiger partial charge in [0.25, 0.3) is 5.91 Å². The lowest BCUT2D eigenvalue weighted by atomic mass is 10.2. The standard InChI is InChI=1S/C20H21ClN8O2/c1-13(29-12-22-11-24-29)18(30)25-14-4-6-15(7-5-14)26-19(31)17-16(21)10-23-20(27-17)28-8-2-3-9-28/h4-7,10-13H,2-3,8-9H2,1H3,(H,25,30)(H,26,31)/t13-/m1/s1. The molecule has 1 saturated heterocycles. The van der Waals surface area contributed by atoms with E-state index in [4.69, 9.17) is 11.6 Å². The van der Waals surface area contributed by atoms with Crippen molar-refractivity contribution in [3.05, 3.63) is 53.8 Å². The van der Waals surface area contributed by atoms with Gasteiger partial charge in [-0.1, -0.05) is 11.6 Å². The van der Waals surface area contributed by atoms with Crippen LogP contribution in [0.1, 0.15) is 36.3 Å². The second kappa shape index (κ2) is 9.09. The van der Waals surface area contributed by atoms with E-state index in [-0.39, 0.29) is 16.6 Å². The number of hydrogen-bond acceptors (Lipinski definition) is 7. The van der Waals surface area contributed by atoms with Crippen molar-refractivity contribution in [1.82, 2.24) is 24.7 Å². The van der Waals surface area contributed by atoms with Crippen molar-refractivity contribution in [2.24, 2.45) is 0 Å². The average Bonchev–Trinajstić information content (AvgIpc) is 3.49. The van der Waals surface area contributed by atoms with Crippen molar-refractivity contribution >= 4 is 40.7 Å². The highest BCUT2D eigenvalue weighted by Gasteiger charge is 2.20. The van der Waals surface area contributed by atoms with Gasteiger partial charge in [-0.05, 0) is 44.0 Å². The average molecular weight is 441 g/mol. The smallest absolute Gasteiger partial charge is 0.276 e. The fourth-order valence-corrected chi connectivity index (χ4v) is 3.37.